The van der Waals surface area contributed by atoms with Gasteiger partial charge in [0, 0.05) is 12.6 Å². The molecule has 0 spiro atoms. The molecule has 1 atom stereocenters. The normalized spacial score (nSPS) is 21.7. The lowest BCUT2D eigenvalue weighted by Gasteiger charge is -2.40. The summed E-state index contributed by atoms with van der Waals surface area (Å²) >= 11 is 0. The summed E-state index contributed by atoms with van der Waals surface area (Å²) in [6.45, 7) is 10.1. The number of hydrogen-bond acceptors (Lipinski definition) is 2. The minimum absolute atomic E-state index is 0.322. The number of nitrogens with zero attached hydrogens (tertiary/aromatic N) is 1. The molecule has 102 valence electrons. The lowest BCUT2D eigenvalue weighted by atomic mass is 9.83. The van der Waals surface area contributed by atoms with Gasteiger partial charge >= 0.3 is 0 Å². The minimum atomic E-state index is 0.322. The van der Waals surface area contributed by atoms with E-state index in [0.29, 0.717) is 5.41 Å². The van der Waals surface area contributed by atoms with Crippen LogP contribution in [0.5, 0.6) is 0 Å². The lowest BCUT2D eigenvalue weighted by Crippen LogP contribution is -2.46. The van der Waals surface area contributed by atoms with Gasteiger partial charge in [0.15, 0.2) is 0 Å². The van der Waals surface area contributed by atoms with E-state index in [4.69, 9.17) is 5.73 Å². The van der Waals surface area contributed by atoms with E-state index in [1.807, 2.05) is 0 Å². The number of hydrogen-bond donors (Lipinski definition) is 1. The van der Waals surface area contributed by atoms with Crippen LogP contribution in [-0.2, 0) is 0 Å². The van der Waals surface area contributed by atoms with Gasteiger partial charge in [0.25, 0.3) is 0 Å². The Hall–Kier alpha value is -0.0800. The van der Waals surface area contributed by atoms with Crippen molar-refractivity contribution in [3.05, 3.63) is 0 Å². The highest BCUT2D eigenvalue weighted by Crippen LogP contribution is 2.28. The van der Waals surface area contributed by atoms with Crippen LogP contribution in [0.4, 0.5) is 0 Å². The third-order valence-corrected chi connectivity index (χ3v) is 4.43. The maximum absolute atomic E-state index is 6.00. The molecule has 0 bridgehead atoms. The molecule has 0 aromatic carbocycles. The summed E-state index contributed by atoms with van der Waals surface area (Å²) in [5.74, 6) is 0. The Kier molecular flexibility index (Phi) is 6.50. The minimum Gasteiger partial charge on any atom is -0.330 e. The van der Waals surface area contributed by atoms with Gasteiger partial charge in [0.2, 0.25) is 0 Å². The van der Waals surface area contributed by atoms with Crippen LogP contribution in [0.1, 0.15) is 65.7 Å². The SMILES string of the molecule is CCCC(C)(CN)CN(CC)C1CCCCC1. The highest BCUT2D eigenvalue weighted by atomic mass is 15.2. The van der Waals surface area contributed by atoms with Gasteiger partial charge in [-0.2, -0.15) is 0 Å². The topological polar surface area (TPSA) is 29.3 Å². The van der Waals surface area contributed by atoms with Crippen molar-refractivity contribution >= 4 is 0 Å². The van der Waals surface area contributed by atoms with Gasteiger partial charge < -0.3 is 10.6 Å². The van der Waals surface area contributed by atoms with E-state index in [1.165, 1.54) is 58.0 Å². The molecule has 0 saturated heterocycles. The Bertz CT molecular complexity index is 199. The maximum atomic E-state index is 6.00. The molecular weight excluding hydrogens is 208 g/mol. The molecule has 1 aliphatic carbocycles. The van der Waals surface area contributed by atoms with Crippen molar-refractivity contribution in [2.45, 2.75) is 71.8 Å². The van der Waals surface area contributed by atoms with Crippen molar-refractivity contribution < 1.29 is 0 Å². The van der Waals surface area contributed by atoms with Crippen LogP contribution in [0.3, 0.4) is 0 Å². The van der Waals surface area contributed by atoms with Crippen LogP contribution in [0.15, 0.2) is 0 Å². The standard InChI is InChI=1S/C15H32N2/c1-4-11-15(3,12-16)13-17(5-2)14-9-7-6-8-10-14/h14H,4-13,16H2,1-3H3. The second-order valence-electron chi connectivity index (χ2n) is 6.12. The molecule has 0 amide bonds. The Morgan fingerprint density at radius 2 is 1.82 bits per heavy atom. The number of nitrogens with two attached hydrogens (primary N) is 1. The molecule has 1 rings (SSSR count). The molecule has 1 saturated carbocycles. The van der Waals surface area contributed by atoms with Gasteiger partial charge in [-0.3, -0.25) is 0 Å². The summed E-state index contributed by atoms with van der Waals surface area (Å²) < 4.78 is 0. The van der Waals surface area contributed by atoms with Crippen molar-refractivity contribution in [2.24, 2.45) is 11.1 Å². The number of rotatable bonds is 7. The van der Waals surface area contributed by atoms with Crippen molar-refractivity contribution in [1.29, 1.82) is 0 Å². The molecule has 0 aliphatic heterocycles. The smallest absolute Gasteiger partial charge is 0.00953 e. The fraction of sp³-hybridized carbons (Fsp3) is 1.00. The monoisotopic (exact) mass is 240 g/mol. The first kappa shape index (κ1) is 15.0. The van der Waals surface area contributed by atoms with E-state index in [2.05, 4.69) is 25.7 Å². The molecule has 0 radical (unpaired) electrons. The van der Waals surface area contributed by atoms with Crippen LogP contribution in [0.2, 0.25) is 0 Å². The van der Waals surface area contributed by atoms with E-state index < -0.39 is 0 Å². The Balaban J connectivity index is 2.54. The van der Waals surface area contributed by atoms with Crippen LogP contribution < -0.4 is 5.73 Å². The van der Waals surface area contributed by atoms with Crippen LogP contribution in [0, 0.1) is 5.41 Å². The summed E-state index contributed by atoms with van der Waals surface area (Å²) in [5, 5.41) is 0. The zero-order chi connectivity index (χ0) is 12.7. The van der Waals surface area contributed by atoms with Crippen LogP contribution >= 0.6 is 0 Å². The fourth-order valence-corrected chi connectivity index (χ4v) is 3.28. The maximum Gasteiger partial charge on any atom is 0.00953 e. The largest absolute Gasteiger partial charge is 0.330 e. The van der Waals surface area contributed by atoms with Gasteiger partial charge in [-0.1, -0.05) is 46.5 Å². The summed E-state index contributed by atoms with van der Waals surface area (Å²) in [4.78, 5) is 2.70. The zero-order valence-corrected chi connectivity index (χ0v) is 12.2. The predicted octanol–water partition coefficient (Wildman–Crippen LogP) is 3.41. The average molecular weight is 240 g/mol. The first-order valence-corrected chi connectivity index (χ1v) is 7.59. The summed E-state index contributed by atoms with van der Waals surface area (Å²) in [6.07, 6.45) is 9.60. The third kappa shape index (κ3) is 4.59. The fourth-order valence-electron chi connectivity index (χ4n) is 3.28. The quantitative estimate of drug-likeness (QED) is 0.739. The second kappa shape index (κ2) is 7.38. The van der Waals surface area contributed by atoms with Gasteiger partial charge in [0.05, 0.1) is 0 Å². The second-order valence-corrected chi connectivity index (χ2v) is 6.12. The molecular formula is C15H32N2. The van der Waals surface area contributed by atoms with Gasteiger partial charge in [0.1, 0.15) is 0 Å². The first-order valence-electron chi connectivity index (χ1n) is 7.59. The van der Waals surface area contributed by atoms with Gasteiger partial charge in [-0.05, 0) is 37.8 Å². The van der Waals surface area contributed by atoms with E-state index in [-0.39, 0.29) is 0 Å². The van der Waals surface area contributed by atoms with Gasteiger partial charge in [-0.25, -0.2) is 0 Å². The van der Waals surface area contributed by atoms with E-state index in [0.717, 1.165) is 12.6 Å². The molecule has 1 fully saturated rings. The highest BCUT2D eigenvalue weighted by molar-refractivity contribution is 4.83. The molecule has 2 nitrogen and oxygen atoms in total. The first-order chi connectivity index (χ1) is 8.15. The summed E-state index contributed by atoms with van der Waals surface area (Å²) in [7, 11) is 0. The summed E-state index contributed by atoms with van der Waals surface area (Å²) in [6, 6.07) is 0.830. The Morgan fingerprint density at radius 3 is 2.29 bits per heavy atom. The molecule has 2 N–H and O–H groups in total. The zero-order valence-electron chi connectivity index (χ0n) is 12.2. The van der Waals surface area contributed by atoms with E-state index in [1.54, 1.807) is 0 Å². The predicted molar refractivity (Wildman–Crippen MR) is 76.2 cm³/mol. The molecule has 1 unspecified atom stereocenters. The Morgan fingerprint density at radius 1 is 1.18 bits per heavy atom. The Labute approximate surface area is 108 Å². The van der Waals surface area contributed by atoms with Crippen molar-refractivity contribution in [3.63, 3.8) is 0 Å². The van der Waals surface area contributed by atoms with Crippen molar-refractivity contribution in [3.8, 4) is 0 Å². The molecule has 0 aromatic heterocycles. The molecule has 0 heterocycles. The van der Waals surface area contributed by atoms with Crippen LogP contribution in [0.25, 0.3) is 0 Å². The third-order valence-electron chi connectivity index (χ3n) is 4.43. The molecule has 0 aromatic rings. The van der Waals surface area contributed by atoms with Crippen molar-refractivity contribution in [1.82, 2.24) is 4.90 Å². The van der Waals surface area contributed by atoms with E-state index >= 15 is 0 Å². The van der Waals surface area contributed by atoms with Gasteiger partial charge in [-0.15, -0.1) is 0 Å². The molecule has 17 heavy (non-hydrogen) atoms. The van der Waals surface area contributed by atoms with Crippen molar-refractivity contribution in [2.75, 3.05) is 19.6 Å². The summed E-state index contributed by atoms with van der Waals surface area (Å²) in [5.41, 5.74) is 6.32. The molecule has 2 heteroatoms. The highest BCUT2D eigenvalue weighted by Gasteiger charge is 2.28. The lowest BCUT2D eigenvalue weighted by molar-refractivity contribution is 0.0991. The molecule has 1 aliphatic rings. The van der Waals surface area contributed by atoms with E-state index in [9.17, 15) is 0 Å². The van der Waals surface area contributed by atoms with Crippen LogP contribution in [-0.4, -0.2) is 30.6 Å². The average Bonchev–Trinajstić information content (AvgIpc) is 2.37.